The van der Waals surface area contributed by atoms with Gasteiger partial charge in [-0.25, -0.2) is 4.90 Å². The third-order valence-electron chi connectivity index (χ3n) is 8.51. The molecular formula is C31H32N4O6S2. The monoisotopic (exact) mass is 620 g/mol. The number of carbonyl (C=O) groups excluding carboxylic acids is 3. The fraction of sp³-hybridized carbons (Fsp3) is 0.419. The third kappa shape index (κ3) is 5.20. The van der Waals surface area contributed by atoms with Crippen molar-refractivity contribution in [1.82, 2.24) is 9.47 Å². The Bertz CT molecular complexity index is 1670. The van der Waals surface area contributed by atoms with Crippen molar-refractivity contribution in [3.8, 4) is 0 Å². The third-order valence-corrected chi connectivity index (χ3v) is 11.1. The van der Waals surface area contributed by atoms with Gasteiger partial charge < -0.3 is 4.90 Å². The lowest BCUT2D eigenvalue weighted by Gasteiger charge is -2.31. The zero-order valence-electron chi connectivity index (χ0n) is 24.1. The molecule has 3 atom stereocenters. The Labute approximate surface area is 256 Å². The number of nitro groups is 1. The van der Waals surface area contributed by atoms with Gasteiger partial charge >= 0.3 is 4.87 Å². The molecule has 3 aromatic rings. The summed E-state index contributed by atoms with van der Waals surface area (Å²) in [6.45, 7) is 7.55. The van der Waals surface area contributed by atoms with Crippen LogP contribution in [0.15, 0.2) is 58.4 Å². The van der Waals surface area contributed by atoms with E-state index in [1.54, 1.807) is 4.90 Å². The van der Waals surface area contributed by atoms with E-state index >= 15 is 0 Å². The van der Waals surface area contributed by atoms with Crippen molar-refractivity contribution in [3.05, 3.63) is 84.3 Å². The van der Waals surface area contributed by atoms with Crippen LogP contribution in [0.25, 0.3) is 0 Å². The number of hydrogen-bond donors (Lipinski definition) is 0. The molecule has 2 aromatic carbocycles. The molecule has 0 spiro atoms. The second-order valence-electron chi connectivity index (χ2n) is 12.3. The van der Waals surface area contributed by atoms with Gasteiger partial charge in [0, 0.05) is 36.0 Å². The normalized spacial score (nSPS) is 22.0. The highest BCUT2D eigenvalue weighted by Gasteiger charge is 2.57. The van der Waals surface area contributed by atoms with Gasteiger partial charge in [0.1, 0.15) is 11.8 Å². The van der Waals surface area contributed by atoms with Gasteiger partial charge in [-0.2, -0.15) is 0 Å². The van der Waals surface area contributed by atoms with Gasteiger partial charge in [0.15, 0.2) is 0 Å². The lowest BCUT2D eigenvalue weighted by Crippen LogP contribution is -2.39. The predicted octanol–water partition coefficient (Wildman–Crippen LogP) is 4.92. The number of nitro benzene ring substituents is 1. The smallest absolute Gasteiger partial charge is 0.308 e. The topological polar surface area (TPSA) is 123 Å². The van der Waals surface area contributed by atoms with Gasteiger partial charge in [0.25, 0.3) is 5.69 Å². The van der Waals surface area contributed by atoms with Gasteiger partial charge in [0.05, 0.1) is 21.6 Å². The van der Waals surface area contributed by atoms with Crippen molar-refractivity contribution in [2.45, 2.75) is 68.2 Å². The van der Waals surface area contributed by atoms with E-state index in [9.17, 15) is 29.3 Å². The summed E-state index contributed by atoms with van der Waals surface area (Å²) in [5, 5.41) is 10.9. The maximum absolute atomic E-state index is 14.1. The standard InChI is InChI=1S/C31H32N4O6S2/c1-31(2,3)19-9-7-18(8-10-19)23-24-25(28(38)34(27(24)37)20-11-13-21(14-12-20)35(40)41)42-29-26(23)43-30(39)33(29)17-22(36)32-15-5-4-6-16-32/h7-14,23-25H,4-6,15-17H2,1-3H3/t23-,24+,25-/m0/s1. The summed E-state index contributed by atoms with van der Waals surface area (Å²) in [6.07, 6.45) is 2.94. The number of rotatable bonds is 5. The van der Waals surface area contributed by atoms with E-state index in [-0.39, 0.29) is 34.1 Å². The number of non-ortho nitro benzene ring substituents is 1. The maximum atomic E-state index is 14.1. The van der Waals surface area contributed by atoms with Crippen LogP contribution in [-0.2, 0) is 26.3 Å². The highest BCUT2D eigenvalue weighted by atomic mass is 32.2. The fourth-order valence-electron chi connectivity index (χ4n) is 6.16. The largest absolute Gasteiger partial charge is 0.341 e. The number of aromatic nitrogens is 1. The van der Waals surface area contributed by atoms with Crippen molar-refractivity contribution in [3.63, 3.8) is 0 Å². The minimum absolute atomic E-state index is 0.0938. The highest BCUT2D eigenvalue weighted by molar-refractivity contribution is 8.00. The Morgan fingerprint density at radius 1 is 0.953 bits per heavy atom. The lowest BCUT2D eigenvalue weighted by atomic mass is 9.81. The molecule has 6 rings (SSSR count). The number of amides is 3. The zero-order chi connectivity index (χ0) is 30.6. The molecule has 0 bridgehead atoms. The minimum atomic E-state index is -0.826. The molecule has 43 heavy (non-hydrogen) atoms. The number of fused-ring (bicyclic) bond motifs is 2. The summed E-state index contributed by atoms with van der Waals surface area (Å²) in [4.78, 5) is 68.6. The molecule has 4 heterocycles. The molecule has 12 heteroatoms. The Balaban J connectivity index is 1.43. The molecule has 2 saturated heterocycles. The number of hydrogen-bond acceptors (Lipinski definition) is 8. The van der Waals surface area contributed by atoms with Crippen LogP contribution in [0, 0.1) is 16.0 Å². The quantitative estimate of drug-likeness (QED) is 0.225. The molecule has 0 saturated carbocycles. The molecule has 1 aromatic heterocycles. The predicted molar refractivity (Wildman–Crippen MR) is 165 cm³/mol. The number of benzene rings is 2. The van der Waals surface area contributed by atoms with Crippen LogP contribution in [0.2, 0.25) is 0 Å². The van der Waals surface area contributed by atoms with Gasteiger partial charge in [-0.3, -0.25) is 33.9 Å². The maximum Gasteiger partial charge on any atom is 0.308 e. The first-order valence-electron chi connectivity index (χ1n) is 14.4. The first kappa shape index (κ1) is 29.3. The number of thiazole rings is 1. The van der Waals surface area contributed by atoms with Crippen molar-refractivity contribution < 1.29 is 19.3 Å². The second-order valence-corrected chi connectivity index (χ2v) is 14.4. The Hall–Kier alpha value is -3.77. The van der Waals surface area contributed by atoms with Gasteiger partial charge in [0.2, 0.25) is 17.7 Å². The van der Waals surface area contributed by atoms with Crippen LogP contribution in [0.3, 0.4) is 0 Å². The zero-order valence-corrected chi connectivity index (χ0v) is 25.8. The highest BCUT2D eigenvalue weighted by Crippen LogP contribution is 2.54. The number of nitrogens with zero attached hydrogens (tertiary/aromatic N) is 4. The second kappa shape index (κ2) is 11.1. The van der Waals surface area contributed by atoms with E-state index < -0.39 is 33.8 Å². The summed E-state index contributed by atoms with van der Waals surface area (Å²) in [5.41, 5.74) is 1.95. The SMILES string of the molecule is CC(C)(C)c1ccc([C@@H]2c3sc(=O)n(CC(=O)N4CCCCC4)c3S[C@@H]3C(=O)N(c4ccc([N+](=O)[O-])cc4)C(=O)[C@H]23)cc1. The molecule has 3 aliphatic heterocycles. The van der Waals surface area contributed by atoms with Crippen LogP contribution in [0.1, 0.15) is 62.0 Å². The lowest BCUT2D eigenvalue weighted by molar-refractivity contribution is -0.384. The van der Waals surface area contributed by atoms with E-state index in [0.717, 1.165) is 46.6 Å². The summed E-state index contributed by atoms with van der Waals surface area (Å²) in [6, 6.07) is 13.3. The van der Waals surface area contributed by atoms with Crippen molar-refractivity contribution in [1.29, 1.82) is 0 Å². The van der Waals surface area contributed by atoms with Crippen LogP contribution in [0.5, 0.6) is 0 Å². The van der Waals surface area contributed by atoms with Crippen molar-refractivity contribution in [2.24, 2.45) is 5.92 Å². The Kier molecular flexibility index (Phi) is 7.54. The molecule has 224 valence electrons. The van der Waals surface area contributed by atoms with E-state index in [2.05, 4.69) is 20.8 Å². The van der Waals surface area contributed by atoms with Crippen LogP contribution in [-0.4, -0.2) is 50.5 Å². The van der Waals surface area contributed by atoms with Crippen LogP contribution in [0.4, 0.5) is 11.4 Å². The van der Waals surface area contributed by atoms with Crippen LogP contribution < -0.4 is 9.77 Å². The number of anilines is 1. The fourth-order valence-corrected chi connectivity index (χ4v) is 8.93. The first-order chi connectivity index (χ1) is 20.5. The number of piperidine rings is 1. The summed E-state index contributed by atoms with van der Waals surface area (Å²) < 4.78 is 1.47. The average molecular weight is 621 g/mol. The summed E-state index contributed by atoms with van der Waals surface area (Å²) in [7, 11) is 0. The van der Waals surface area contributed by atoms with Gasteiger partial charge in [-0.15, -0.1) is 0 Å². The molecule has 0 unspecified atom stereocenters. The molecule has 0 N–H and O–H groups in total. The molecular weight excluding hydrogens is 588 g/mol. The molecule has 0 radical (unpaired) electrons. The number of carbonyl (C=O) groups is 3. The van der Waals surface area contributed by atoms with E-state index in [4.69, 9.17) is 0 Å². The van der Waals surface area contributed by atoms with E-state index in [0.29, 0.717) is 23.0 Å². The Morgan fingerprint density at radius 2 is 1.60 bits per heavy atom. The number of likely N-dealkylation sites (tertiary alicyclic amines) is 1. The van der Waals surface area contributed by atoms with Crippen molar-refractivity contribution >= 4 is 52.2 Å². The van der Waals surface area contributed by atoms with E-state index in [1.165, 1.54) is 40.6 Å². The number of thioether (sulfide) groups is 1. The molecule has 3 amide bonds. The van der Waals surface area contributed by atoms with Gasteiger partial charge in [-0.1, -0.05) is 68.1 Å². The Morgan fingerprint density at radius 3 is 2.21 bits per heavy atom. The minimum Gasteiger partial charge on any atom is -0.341 e. The molecule has 3 aliphatic rings. The number of imide groups is 1. The van der Waals surface area contributed by atoms with Crippen LogP contribution >= 0.6 is 23.1 Å². The molecule has 10 nitrogen and oxygen atoms in total. The van der Waals surface area contributed by atoms with Crippen molar-refractivity contribution in [2.75, 3.05) is 18.0 Å². The van der Waals surface area contributed by atoms with E-state index in [1.807, 2.05) is 24.3 Å². The average Bonchev–Trinajstić information content (AvgIpc) is 3.43. The summed E-state index contributed by atoms with van der Waals surface area (Å²) in [5.74, 6) is -2.34. The van der Waals surface area contributed by atoms with Gasteiger partial charge in [-0.05, 0) is 47.9 Å². The first-order valence-corrected chi connectivity index (χ1v) is 16.1. The molecule has 2 fully saturated rings. The summed E-state index contributed by atoms with van der Waals surface area (Å²) >= 11 is 2.20. The molecule has 0 aliphatic carbocycles.